The molecule has 1 aliphatic rings. The van der Waals surface area contributed by atoms with Gasteiger partial charge in [0, 0.05) is 0 Å². The molecular formula is C18H16N2OS. The van der Waals surface area contributed by atoms with E-state index in [1.165, 1.54) is 5.56 Å². The van der Waals surface area contributed by atoms with Gasteiger partial charge < -0.3 is 5.32 Å². The zero-order valence-electron chi connectivity index (χ0n) is 12.2. The first-order valence-electron chi connectivity index (χ1n) is 7.20. The lowest BCUT2D eigenvalue weighted by Gasteiger charge is -2.14. The SMILES string of the molecule is CCc1cccc(N2C(=O)/C(=C/c3ccccc3)NC2=S)c1. The van der Waals surface area contributed by atoms with Gasteiger partial charge in [-0.1, -0.05) is 49.4 Å². The van der Waals surface area contributed by atoms with Crippen molar-refractivity contribution >= 4 is 35.0 Å². The fourth-order valence-electron chi connectivity index (χ4n) is 2.40. The Bertz CT molecular complexity index is 753. The number of nitrogens with one attached hydrogen (secondary N) is 1. The molecule has 0 aromatic heterocycles. The van der Waals surface area contributed by atoms with Gasteiger partial charge >= 0.3 is 0 Å². The van der Waals surface area contributed by atoms with Crippen LogP contribution in [0.1, 0.15) is 18.1 Å². The number of amides is 1. The van der Waals surface area contributed by atoms with E-state index < -0.39 is 0 Å². The van der Waals surface area contributed by atoms with Crippen molar-refractivity contribution in [2.45, 2.75) is 13.3 Å². The third kappa shape index (κ3) is 2.78. The molecule has 3 rings (SSSR count). The molecule has 4 heteroatoms. The summed E-state index contributed by atoms with van der Waals surface area (Å²) in [5.41, 5.74) is 3.44. The number of anilines is 1. The van der Waals surface area contributed by atoms with Gasteiger partial charge in [0.1, 0.15) is 5.70 Å². The van der Waals surface area contributed by atoms with Gasteiger partial charge in [0.05, 0.1) is 5.69 Å². The summed E-state index contributed by atoms with van der Waals surface area (Å²) in [6, 6.07) is 17.6. The maximum atomic E-state index is 12.6. The van der Waals surface area contributed by atoms with Crippen molar-refractivity contribution in [2.24, 2.45) is 0 Å². The van der Waals surface area contributed by atoms with Crippen LogP contribution < -0.4 is 10.2 Å². The monoisotopic (exact) mass is 308 g/mol. The highest BCUT2D eigenvalue weighted by atomic mass is 32.1. The molecule has 1 aliphatic heterocycles. The van der Waals surface area contributed by atoms with Gasteiger partial charge in [-0.25, -0.2) is 0 Å². The van der Waals surface area contributed by atoms with Gasteiger partial charge in [-0.15, -0.1) is 0 Å². The third-order valence-electron chi connectivity index (χ3n) is 3.57. The summed E-state index contributed by atoms with van der Waals surface area (Å²) in [6.07, 6.45) is 2.74. The Morgan fingerprint density at radius 3 is 2.64 bits per heavy atom. The Hall–Kier alpha value is -2.46. The molecule has 0 atom stereocenters. The zero-order valence-corrected chi connectivity index (χ0v) is 13.1. The van der Waals surface area contributed by atoms with Gasteiger partial charge in [0.15, 0.2) is 5.11 Å². The average molecular weight is 308 g/mol. The molecule has 0 spiro atoms. The standard InChI is InChI=1S/C18H16N2OS/c1-2-13-9-6-10-15(11-13)20-17(21)16(19-18(20)22)12-14-7-4-3-5-8-14/h3-12H,2H2,1H3,(H,19,22)/b16-12-. The molecule has 1 fully saturated rings. The number of rotatable bonds is 3. The Morgan fingerprint density at radius 1 is 1.14 bits per heavy atom. The third-order valence-corrected chi connectivity index (χ3v) is 3.85. The Kier molecular flexibility index (Phi) is 4.02. The fourth-order valence-corrected chi connectivity index (χ4v) is 2.70. The second kappa shape index (κ2) is 6.12. The molecular weight excluding hydrogens is 292 g/mol. The van der Waals surface area contributed by atoms with E-state index in [1.54, 1.807) is 4.90 Å². The Balaban J connectivity index is 1.93. The van der Waals surface area contributed by atoms with Crippen LogP contribution in [0.5, 0.6) is 0 Å². The highest BCUT2D eigenvalue weighted by Gasteiger charge is 2.31. The largest absolute Gasteiger partial charge is 0.327 e. The van der Waals surface area contributed by atoms with E-state index in [-0.39, 0.29) is 5.91 Å². The summed E-state index contributed by atoms with van der Waals surface area (Å²) in [6.45, 7) is 2.09. The smallest absolute Gasteiger partial charge is 0.281 e. The number of thiocarbonyl (C=S) groups is 1. The number of carbonyl (C=O) groups is 1. The summed E-state index contributed by atoms with van der Waals surface area (Å²) >= 11 is 5.33. The summed E-state index contributed by atoms with van der Waals surface area (Å²) in [5.74, 6) is -0.123. The van der Waals surface area contributed by atoms with Crippen molar-refractivity contribution in [2.75, 3.05) is 4.90 Å². The Morgan fingerprint density at radius 2 is 1.91 bits per heavy atom. The number of hydrogen-bond acceptors (Lipinski definition) is 2. The maximum absolute atomic E-state index is 12.6. The van der Waals surface area contributed by atoms with Crippen LogP contribution in [0.25, 0.3) is 6.08 Å². The van der Waals surface area contributed by atoms with Crippen LogP contribution in [0, 0.1) is 0 Å². The fraction of sp³-hybridized carbons (Fsp3) is 0.111. The second-order valence-electron chi connectivity index (χ2n) is 5.06. The highest BCUT2D eigenvalue weighted by molar-refractivity contribution is 7.80. The van der Waals surface area contributed by atoms with Crippen molar-refractivity contribution in [3.05, 3.63) is 71.4 Å². The molecule has 22 heavy (non-hydrogen) atoms. The van der Waals surface area contributed by atoms with Crippen molar-refractivity contribution in [3.8, 4) is 0 Å². The molecule has 0 unspecified atom stereocenters. The lowest BCUT2D eigenvalue weighted by atomic mass is 10.1. The van der Waals surface area contributed by atoms with Gasteiger partial charge in [0.25, 0.3) is 5.91 Å². The van der Waals surface area contributed by atoms with Crippen molar-refractivity contribution < 1.29 is 4.79 Å². The topological polar surface area (TPSA) is 32.3 Å². The van der Waals surface area contributed by atoms with Gasteiger partial charge in [-0.3, -0.25) is 9.69 Å². The van der Waals surface area contributed by atoms with E-state index in [4.69, 9.17) is 12.2 Å². The number of aryl methyl sites for hydroxylation is 1. The first kappa shape index (κ1) is 14.5. The summed E-state index contributed by atoms with van der Waals surface area (Å²) in [4.78, 5) is 14.2. The first-order valence-corrected chi connectivity index (χ1v) is 7.61. The molecule has 3 nitrogen and oxygen atoms in total. The second-order valence-corrected chi connectivity index (χ2v) is 5.45. The van der Waals surface area contributed by atoms with Crippen LogP contribution in [0.4, 0.5) is 5.69 Å². The van der Waals surface area contributed by atoms with Crippen LogP contribution in [0.3, 0.4) is 0 Å². The van der Waals surface area contributed by atoms with Gasteiger partial charge in [-0.05, 0) is 48.0 Å². The van der Waals surface area contributed by atoms with E-state index in [0.717, 1.165) is 17.7 Å². The maximum Gasteiger partial charge on any atom is 0.281 e. The van der Waals surface area contributed by atoms with Crippen LogP contribution in [0.15, 0.2) is 60.3 Å². The molecule has 2 aromatic carbocycles. The zero-order chi connectivity index (χ0) is 15.5. The van der Waals surface area contributed by atoms with Crippen molar-refractivity contribution in [3.63, 3.8) is 0 Å². The van der Waals surface area contributed by atoms with Crippen LogP contribution >= 0.6 is 12.2 Å². The average Bonchev–Trinajstić information content (AvgIpc) is 2.82. The van der Waals surface area contributed by atoms with Crippen LogP contribution in [-0.2, 0) is 11.2 Å². The molecule has 1 N–H and O–H groups in total. The van der Waals surface area contributed by atoms with E-state index >= 15 is 0 Å². The summed E-state index contributed by atoms with van der Waals surface area (Å²) in [7, 11) is 0. The molecule has 0 aliphatic carbocycles. The normalized spacial score (nSPS) is 16.2. The molecule has 0 bridgehead atoms. The molecule has 0 saturated carbocycles. The minimum Gasteiger partial charge on any atom is -0.327 e. The number of nitrogens with zero attached hydrogens (tertiary/aromatic N) is 1. The van der Waals surface area contributed by atoms with Crippen molar-refractivity contribution in [1.82, 2.24) is 5.32 Å². The molecule has 110 valence electrons. The number of hydrogen-bond donors (Lipinski definition) is 1. The van der Waals surface area contributed by atoms with E-state index in [2.05, 4.69) is 12.2 Å². The van der Waals surface area contributed by atoms with Crippen molar-refractivity contribution in [1.29, 1.82) is 0 Å². The predicted octanol–water partition coefficient (Wildman–Crippen LogP) is 3.51. The number of carbonyl (C=O) groups excluding carboxylic acids is 1. The predicted molar refractivity (Wildman–Crippen MR) is 93.5 cm³/mol. The van der Waals surface area contributed by atoms with Crippen LogP contribution in [0.2, 0.25) is 0 Å². The minimum atomic E-state index is -0.123. The Labute approximate surface area is 135 Å². The number of benzene rings is 2. The van der Waals surface area contributed by atoms with Gasteiger partial charge in [0.2, 0.25) is 0 Å². The lowest BCUT2D eigenvalue weighted by molar-refractivity contribution is -0.113. The van der Waals surface area contributed by atoms with Crippen LogP contribution in [-0.4, -0.2) is 11.0 Å². The van der Waals surface area contributed by atoms with E-state index in [0.29, 0.717) is 10.8 Å². The van der Waals surface area contributed by atoms with E-state index in [9.17, 15) is 4.79 Å². The minimum absolute atomic E-state index is 0.123. The highest BCUT2D eigenvalue weighted by Crippen LogP contribution is 2.23. The van der Waals surface area contributed by atoms with E-state index in [1.807, 2.05) is 60.7 Å². The molecule has 1 heterocycles. The molecule has 2 aromatic rings. The summed E-state index contributed by atoms with van der Waals surface area (Å²) < 4.78 is 0. The molecule has 0 radical (unpaired) electrons. The molecule has 1 amide bonds. The quantitative estimate of drug-likeness (QED) is 0.695. The first-order chi connectivity index (χ1) is 10.7. The lowest BCUT2D eigenvalue weighted by Crippen LogP contribution is -2.30. The van der Waals surface area contributed by atoms with Gasteiger partial charge in [-0.2, -0.15) is 0 Å². The summed E-state index contributed by atoms with van der Waals surface area (Å²) in [5, 5.41) is 3.42. The molecule has 1 saturated heterocycles.